The number of carbonyl (C=O) groups excluding carboxylic acids is 2. The summed E-state index contributed by atoms with van der Waals surface area (Å²) in [6.07, 6.45) is 1.95. The Hall–Kier alpha value is -4.17. The van der Waals surface area contributed by atoms with Gasteiger partial charge in [-0.05, 0) is 57.0 Å². The van der Waals surface area contributed by atoms with Gasteiger partial charge in [0.05, 0.1) is 12.6 Å². The van der Waals surface area contributed by atoms with Gasteiger partial charge < -0.3 is 34.7 Å². The molecule has 3 aromatic rings. The number of nitrogens with two attached hydrogens (primary N) is 1. The number of carbonyl (C=O) groups is 2. The van der Waals surface area contributed by atoms with Gasteiger partial charge in [0.25, 0.3) is 5.91 Å². The van der Waals surface area contributed by atoms with E-state index in [1.54, 1.807) is 6.92 Å². The molecule has 2 fully saturated rings. The Labute approximate surface area is 251 Å². The monoisotopic (exact) mass is 619 g/mol. The fourth-order valence-corrected chi connectivity index (χ4v) is 4.78. The van der Waals surface area contributed by atoms with Crippen LogP contribution in [0, 0.1) is 17.6 Å². The Morgan fingerprint density at radius 2 is 1.82 bits per heavy atom. The molecule has 10 nitrogen and oxygen atoms in total. The molecule has 0 bridgehead atoms. The van der Waals surface area contributed by atoms with Gasteiger partial charge in [0.15, 0.2) is 23.0 Å². The molecular weight excluding hydrogens is 586 g/mol. The Bertz CT molecular complexity index is 1500. The lowest BCUT2D eigenvalue weighted by molar-refractivity contribution is -0.135. The zero-order valence-electron chi connectivity index (χ0n) is 24.2. The van der Waals surface area contributed by atoms with E-state index in [0.717, 1.165) is 25.0 Å². The third-order valence-corrected chi connectivity index (χ3v) is 7.47. The minimum absolute atomic E-state index is 0.0313. The normalized spacial score (nSPS) is 17.0. The molecule has 5 rings (SSSR count). The van der Waals surface area contributed by atoms with Gasteiger partial charge in [-0.25, -0.2) is 13.8 Å². The number of piperazine rings is 1. The number of benzene rings is 2. The maximum atomic E-state index is 14.9. The second-order valence-corrected chi connectivity index (χ2v) is 11.0. The summed E-state index contributed by atoms with van der Waals surface area (Å²) in [6.45, 7) is 0.645. The van der Waals surface area contributed by atoms with E-state index in [2.05, 4.69) is 15.0 Å². The van der Waals surface area contributed by atoms with E-state index >= 15 is 0 Å². The molecule has 3 N–H and O–H groups in total. The van der Waals surface area contributed by atoms with Crippen LogP contribution in [0.1, 0.15) is 53.7 Å². The first-order chi connectivity index (χ1) is 21.0. The fourth-order valence-electron chi connectivity index (χ4n) is 4.78. The van der Waals surface area contributed by atoms with E-state index in [1.165, 1.54) is 23.1 Å². The SMILES string of the molecule is C[C@H](N)c1oc(-c2ccc(OC(F)F)c(OCC3CC3)c2)nc1C(=O)NC(C(=O)N1CCN(C)CC1)c1ccc(F)cc1F. The van der Waals surface area contributed by atoms with Crippen LogP contribution in [0.25, 0.3) is 11.5 Å². The summed E-state index contributed by atoms with van der Waals surface area (Å²) < 4.78 is 70.8. The van der Waals surface area contributed by atoms with E-state index < -0.39 is 42.1 Å². The molecule has 1 aromatic heterocycles. The zero-order chi connectivity index (χ0) is 31.5. The van der Waals surface area contributed by atoms with Crippen molar-refractivity contribution in [2.45, 2.75) is 38.5 Å². The molecule has 1 unspecified atom stereocenters. The van der Waals surface area contributed by atoms with Crippen LogP contribution in [0.5, 0.6) is 11.5 Å². The first kappa shape index (κ1) is 31.3. The number of oxazole rings is 1. The topological polar surface area (TPSA) is 123 Å². The Balaban J connectivity index is 1.46. The van der Waals surface area contributed by atoms with Crippen LogP contribution in [-0.2, 0) is 4.79 Å². The summed E-state index contributed by atoms with van der Waals surface area (Å²) in [7, 11) is 1.90. The van der Waals surface area contributed by atoms with Crippen LogP contribution >= 0.6 is 0 Å². The largest absolute Gasteiger partial charge is 0.489 e. The predicted octanol–water partition coefficient (Wildman–Crippen LogP) is 4.27. The molecule has 0 spiro atoms. The number of alkyl halides is 2. The number of rotatable bonds is 11. The highest BCUT2D eigenvalue weighted by Gasteiger charge is 2.34. The maximum absolute atomic E-state index is 14.9. The van der Waals surface area contributed by atoms with Gasteiger partial charge in [-0.3, -0.25) is 9.59 Å². The maximum Gasteiger partial charge on any atom is 0.387 e. The zero-order valence-corrected chi connectivity index (χ0v) is 24.2. The standard InChI is InChI=1S/C30H33F4N5O5/c1-16(35)26-25(37-28(44-26)18-5-8-22(43-30(33)34)23(13-18)42-15-17-3-4-17)27(40)36-24(20-7-6-19(31)14-21(20)32)29(41)39-11-9-38(2)10-12-39/h5-8,13-14,16-17,24,30H,3-4,9-12,15,35H2,1-2H3,(H,36,40)/t16-,24?/m0/s1. The summed E-state index contributed by atoms with van der Waals surface area (Å²) in [5, 5.41) is 2.55. The molecule has 0 radical (unpaired) electrons. The Kier molecular flexibility index (Phi) is 9.39. The van der Waals surface area contributed by atoms with Crippen LogP contribution in [0.4, 0.5) is 17.6 Å². The number of ether oxygens (including phenoxy) is 2. The van der Waals surface area contributed by atoms with Crippen LogP contribution in [-0.4, -0.2) is 73.0 Å². The third-order valence-electron chi connectivity index (χ3n) is 7.47. The number of hydrogen-bond acceptors (Lipinski definition) is 8. The van der Waals surface area contributed by atoms with Gasteiger partial charge in [-0.2, -0.15) is 8.78 Å². The summed E-state index contributed by atoms with van der Waals surface area (Å²) in [5.41, 5.74) is 5.89. The smallest absolute Gasteiger partial charge is 0.387 e. The summed E-state index contributed by atoms with van der Waals surface area (Å²) in [4.78, 5) is 35.1. The summed E-state index contributed by atoms with van der Waals surface area (Å²) in [6, 6.07) is 4.51. The number of amides is 2. The van der Waals surface area contributed by atoms with Gasteiger partial charge in [0.2, 0.25) is 11.8 Å². The second kappa shape index (κ2) is 13.2. The lowest BCUT2D eigenvalue weighted by Crippen LogP contribution is -2.51. The average molecular weight is 620 g/mol. The molecule has 14 heteroatoms. The number of nitrogens with one attached hydrogen (secondary N) is 1. The number of hydrogen-bond donors (Lipinski definition) is 2. The van der Waals surface area contributed by atoms with E-state index in [1.807, 2.05) is 11.9 Å². The van der Waals surface area contributed by atoms with E-state index in [9.17, 15) is 27.2 Å². The van der Waals surface area contributed by atoms with Crippen molar-refractivity contribution in [2.24, 2.45) is 11.7 Å². The molecule has 44 heavy (non-hydrogen) atoms. The summed E-state index contributed by atoms with van der Waals surface area (Å²) in [5.74, 6) is -3.20. The molecule has 1 saturated carbocycles. The van der Waals surface area contributed by atoms with Crippen molar-refractivity contribution in [3.8, 4) is 23.0 Å². The van der Waals surface area contributed by atoms with Crippen molar-refractivity contribution in [1.29, 1.82) is 0 Å². The van der Waals surface area contributed by atoms with Crippen molar-refractivity contribution in [3.63, 3.8) is 0 Å². The van der Waals surface area contributed by atoms with Crippen molar-refractivity contribution in [1.82, 2.24) is 20.1 Å². The van der Waals surface area contributed by atoms with Crippen molar-refractivity contribution in [3.05, 3.63) is 65.1 Å². The molecule has 2 amide bonds. The average Bonchev–Trinajstić information content (AvgIpc) is 3.70. The first-order valence-corrected chi connectivity index (χ1v) is 14.2. The predicted molar refractivity (Wildman–Crippen MR) is 150 cm³/mol. The van der Waals surface area contributed by atoms with Gasteiger partial charge in [0.1, 0.15) is 17.7 Å². The number of halogens is 4. The Morgan fingerprint density at radius 3 is 2.45 bits per heavy atom. The molecule has 1 saturated heterocycles. The van der Waals surface area contributed by atoms with Crippen molar-refractivity contribution >= 4 is 11.8 Å². The highest BCUT2D eigenvalue weighted by molar-refractivity contribution is 5.97. The third kappa shape index (κ3) is 7.30. The van der Waals surface area contributed by atoms with Crippen LogP contribution < -0.4 is 20.5 Å². The lowest BCUT2D eigenvalue weighted by atomic mass is 10.0. The van der Waals surface area contributed by atoms with Crippen molar-refractivity contribution < 1.29 is 41.0 Å². The van der Waals surface area contributed by atoms with Gasteiger partial charge in [-0.1, -0.05) is 6.07 Å². The van der Waals surface area contributed by atoms with Gasteiger partial charge >= 0.3 is 6.61 Å². The minimum atomic E-state index is -3.07. The van der Waals surface area contributed by atoms with Gasteiger partial charge in [0, 0.05) is 43.4 Å². The Morgan fingerprint density at radius 1 is 1.09 bits per heavy atom. The number of aromatic nitrogens is 1. The molecule has 2 atom stereocenters. The number of nitrogens with zero attached hydrogens (tertiary/aromatic N) is 3. The molecular formula is C30H33F4N5O5. The molecule has 236 valence electrons. The van der Waals surface area contributed by atoms with Crippen molar-refractivity contribution in [2.75, 3.05) is 39.8 Å². The lowest BCUT2D eigenvalue weighted by Gasteiger charge is -2.35. The first-order valence-electron chi connectivity index (χ1n) is 14.2. The highest BCUT2D eigenvalue weighted by Crippen LogP contribution is 2.37. The molecule has 1 aliphatic heterocycles. The van der Waals surface area contributed by atoms with Crippen LogP contribution in [0.15, 0.2) is 40.8 Å². The fraction of sp³-hybridized carbons (Fsp3) is 0.433. The molecule has 2 aromatic carbocycles. The van der Waals surface area contributed by atoms with Crippen LogP contribution in [0.3, 0.4) is 0 Å². The van der Waals surface area contributed by atoms with Gasteiger partial charge in [-0.15, -0.1) is 0 Å². The van der Waals surface area contributed by atoms with E-state index in [-0.39, 0.29) is 40.0 Å². The minimum Gasteiger partial charge on any atom is -0.489 e. The van der Waals surface area contributed by atoms with Crippen LogP contribution in [0.2, 0.25) is 0 Å². The molecule has 2 heterocycles. The van der Waals surface area contributed by atoms with E-state index in [4.69, 9.17) is 14.9 Å². The highest BCUT2D eigenvalue weighted by atomic mass is 19.3. The molecule has 2 aliphatic rings. The second-order valence-electron chi connectivity index (χ2n) is 11.0. The quantitative estimate of drug-likeness (QED) is 0.305. The van der Waals surface area contributed by atoms with E-state index in [0.29, 0.717) is 44.8 Å². The summed E-state index contributed by atoms with van der Waals surface area (Å²) >= 11 is 0. The molecule has 1 aliphatic carbocycles. The number of likely N-dealkylation sites (N-methyl/N-ethyl adjacent to an activating group) is 1.